The third-order valence-electron chi connectivity index (χ3n) is 2.26. The molecule has 86 valence electrons. The van der Waals surface area contributed by atoms with Crippen molar-refractivity contribution in [2.75, 3.05) is 26.3 Å². The van der Waals surface area contributed by atoms with Crippen LogP contribution < -0.4 is 14.8 Å². The molecule has 0 spiro atoms. The summed E-state index contributed by atoms with van der Waals surface area (Å²) in [6, 6.07) is 7.67. The van der Waals surface area contributed by atoms with Crippen LogP contribution in [0.1, 0.15) is 6.92 Å². The fraction of sp³-hybridized carbons (Fsp3) is 0.417. The topological polar surface area (TPSA) is 42.9 Å². The van der Waals surface area contributed by atoms with Crippen molar-refractivity contribution in [1.82, 2.24) is 5.32 Å². The van der Waals surface area contributed by atoms with Crippen LogP contribution in [0.15, 0.2) is 29.3 Å². The molecule has 1 aliphatic rings. The average molecular weight is 220 g/mol. The molecule has 0 amide bonds. The zero-order chi connectivity index (χ0) is 11.2. The zero-order valence-corrected chi connectivity index (χ0v) is 9.40. The second-order valence-electron chi connectivity index (χ2n) is 3.42. The zero-order valence-electron chi connectivity index (χ0n) is 9.40. The van der Waals surface area contributed by atoms with Crippen LogP contribution in [0.25, 0.3) is 0 Å². The van der Waals surface area contributed by atoms with Crippen molar-refractivity contribution in [3.8, 4) is 11.5 Å². The van der Waals surface area contributed by atoms with Gasteiger partial charge in [0.1, 0.15) is 12.4 Å². The molecule has 4 heteroatoms. The highest BCUT2D eigenvalue weighted by Crippen LogP contribution is 2.26. The Labute approximate surface area is 95.3 Å². The first kappa shape index (κ1) is 10.8. The second kappa shape index (κ2) is 5.39. The van der Waals surface area contributed by atoms with Crippen molar-refractivity contribution in [3.05, 3.63) is 24.3 Å². The smallest absolute Gasteiger partial charge is 0.161 e. The Bertz CT molecular complexity index is 377. The van der Waals surface area contributed by atoms with Crippen LogP contribution in [0.2, 0.25) is 0 Å². The maximum atomic E-state index is 5.66. The van der Waals surface area contributed by atoms with Crippen molar-refractivity contribution in [3.63, 3.8) is 0 Å². The summed E-state index contributed by atoms with van der Waals surface area (Å²) in [7, 11) is 0. The number of benzene rings is 1. The van der Waals surface area contributed by atoms with Gasteiger partial charge < -0.3 is 14.8 Å². The molecule has 0 radical (unpaired) electrons. The van der Waals surface area contributed by atoms with E-state index in [0.717, 1.165) is 30.4 Å². The summed E-state index contributed by atoms with van der Waals surface area (Å²) in [4.78, 5) is 4.27. The summed E-state index contributed by atoms with van der Waals surface area (Å²) < 4.78 is 11.1. The Balaban J connectivity index is 1.97. The first-order valence-electron chi connectivity index (χ1n) is 5.52. The van der Waals surface area contributed by atoms with Crippen LogP contribution in [0.4, 0.5) is 0 Å². The van der Waals surface area contributed by atoms with E-state index in [4.69, 9.17) is 9.47 Å². The van der Waals surface area contributed by atoms with Crippen LogP contribution in [-0.2, 0) is 0 Å². The Morgan fingerprint density at radius 1 is 1.25 bits per heavy atom. The molecule has 0 atom stereocenters. The van der Waals surface area contributed by atoms with Crippen molar-refractivity contribution >= 4 is 5.84 Å². The molecule has 0 aromatic heterocycles. The lowest BCUT2D eigenvalue weighted by atomic mass is 10.3. The highest BCUT2D eigenvalue weighted by molar-refractivity contribution is 5.85. The van der Waals surface area contributed by atoms with Gasteiger partial charge in [-0.1, -0.05) is 12.1 Å². The lowest BCUT2D eigenvalue weighted by Crippen LogP contribution is -2.24. The Morgan fingerprint density at radius 2 is 2.00 bits per heavy atom. The van der Waals surface area contributed by atoms with Gasteiger partial charge in [-0.05, 0) is 19.1 Å². The van der Waals surface area contributed by atoms with Crippen LogP contribution in [0, 0.1) is 0 Å². The number of amidine groups is 1. The van der Waals surface area contributed by atoms with Gasteiger partial charge >= 0.3 is 0 Å². The predicted octanol–water partition coefficient (Wildman–Crippen LogP) is 1.47. The Morgan fingerprint density at radius 3 is 2.62 bits per heavy atom. The van der Waals surface area contributed by atoms with Crippen LogP contribution >= 0.6 is 0 Å². The van der Waals surface area contributed by atoms with Crippen molar-refractivity contribution in [2.45, 2.75) is 6.92 Å². The second-order valence-corrected chi connectivity index (χ2v) is 3.42. The standard InChI is InChI=1S/C12H16N2O2/c1-2-15-10-5-3-4-6-11(10)16-9-12-13-7-8-14-12/h3-6H,2,7-9H2,1H3,(H,13,14). The van der Waals surface area contributed by atoms with E-state index < -0.39 is 0 Å². The van der Waals surface area contributed by atoms with E-state index in [-0.39, 0.29) is 0 Å². The maximum Gasteiger partial charge on any atom is 0.161 e. The number of aliphatic imine (C=N–C) groups is 1. The number of para-hydroxylation sites is 2. The lowest BCUT2D eigenvalue weighted by molar-refractivity contribution is 0.300. The van der Waals surface area contributed by atoms with Gasteiger partial charge in [0.2, 0.25) is 0 Å². The minimum Gasteiger partial charge on any atom is -0.490 e. The van der Waals surface area contributed by atoms with Gasteiger partial charge in [0, 0.05) is 6.54 Å². The highest BCUT2D eigenvalue weighted by atomic mass is 16.5. The van der Waals surface area contributed by atoms with E-state index in [1.54, 1.807) is 0 Å². The fourth-order valence-electron chi connectivity index (χ4n) is 1.53. The number of ether oxygens (including phenoxy) is 2. The molecule has 0 unspecified atom stereocenters. The highest BCUT2D eigenvalue weighted by Gasteiger charge is 2.08. The monoisotopic (exact) mass is 220 g/mol. The van der Waals surface area contributed by atoms with Gasteiger partial charge in [0.05, 0.1) is 13.2 Å². The molecule has 1 N–H and O–H groups in total. The van der Waals surface area contributed by atoms with E-state index in [2.05, 4.69) is 10.3 Å². The molecule has 1 aliphatic heterocycles. The van der Waals surface area contributed by atoms with Crippen LogP contribution in [0.3, 0.4) is 0 Å². The maximum absolute atomic E-state index is 5.66. The van der Waals surface area contributed by atoms with Crippen molar-refractivity contribution in [2.24, 2.45) is 4.99 Å². The molecule has 16 heavy (non-hydrogen) atoms. The van der Waals surface area contributed by atoms with Gasteiger partial charge in [0.25, 0.3) is 0 Å². The molecule has 4 nitrogen and oxygen atoms in total. The number of rotatable bonds is 5. The number of hydrogen-bond acceptors (Lipinski definition) is 4. The lowest BCUT2D eigenvalue weighted by Gasteiger charge is -2.11. The fourth-order valence-corrected chi connectivity index (χ4v) is 1.53. The van der Waals surface area contributed by atoms with Crippen molar-refractivity contribution < 1.29 is 9.47 Å². The minimum atomic E-state index is 0.476. The van der Waals surface area contributed by atoms with Crippen LogP contribution in [0.5, 0.6) is 11.5 Å². The quantitative estimate of drug-likeness (QED) is 0.817. The van der Waals surface area contributed by atoms with E-state index in [1.165, 1.54) is 0 Å². The van der Waals surface area contributed by atoms with Gasteiger partial charge in [-0.25, -0.2) is 0 Å². The third kappa shape index (κ3) is 2.66. The SMILES string of the molecule is CCOc1ccccc1OCC1=NCCN1. The Kier molecular flexibility index (Phi) is 3.64. The first-order chi connectivity index (χ1) is 7.90. The van der Waals surface area contributed by atoms with E-state index in [1.807, 2.05) is 31.2 Å². The van der Waals surface area contributed by atoms with E-state index in [0.29, 0.717) is 13.2 Å². The number of hydrogen-bond donors (Lipinski definition) is 1. The summed E-state index contributed by atoms with van der Waals surface area (Å²) in [5.41, 5.74) is 0. The third-order valence-corrected chi connectivity index (χ3v) is 2.26. The predicted molar refractivity (Wildman–Crippen MR) is 63.4 cm³/mol. The Hall–Kier alpha value is -1.71. The molecule has 0 aliphatic carbocycles. The summed E-state index contributed by atoms with van der Waals surface area (Å²) in [5.74, 6) is 2.45. The molecule has 0 fully saturated rings. The summed E-state index contributed by atoms with van der Waals surface area (Å²) in [6.45, 7) is 4.82. The van der Waals surface area contributed by atoms with E-state index >= 15 is 0 Å². The molecule has 0 saturated heterocycles. The van der Waals surface area contributed by atoms with E-state index in [9.17, 15) is 0 Å². The summed E-state index contributed by atoms with van der Waals surface area (Å²) in [5, 5.41) is 3.16. The molecular formula is C12H16N2O2. The average Bonchev–Trinajstić information content (AvgIpc) is 2.81. The number of nitrogens with one attached hydrogen (secondary N) is 1. The molecule has 1 heterocycles. The molecule has 1 aromatic carbocycles. The van der Waals surface area contributed by atoms with Gasteiger partial charge in [-0.2, -0.15) is 0 Å². The first-order valence-corrected chi connectivity index (χ1v) is 5.52. The molecule has 0 bridgehead atoms. The van der Waals surface area contributed by atoms with Gasteiger partial charge in [0.15, 0.2) is 11.5 Å². The van der Waals surface area contributed by atoms with Crippen LogP contribution in [-0.4, -0.2) is 32.1 Å². The number of nitrogens with zero attached hydrogens (tertiary/aromatic N) is 1. The summed E-state index contributed by atoms with van der Waals surface area (Å²) in [6.07, 6.45) is 0. The largest absolute Gasteiger partial charge is 0.490 e. The van der Waals surface area contributed by atoms with Gasteiger partial charge in [-0.15, -0.1) is 0 Å². The normalized spacial score (nSPS) is 14.2. The molecular weight excluding hydrogens is 204 g/mol. The molecule has 2 rings (SSSR count). The summed E-state index contributed by atoms with van der Waals surface area (Å²) >= 11 is 0. The molecule has 1 aromatic rings. The molecule has 0 saturated carbocycles. The van der Waals surface area contributed by atoms with Gasteiger partial charge in [-0.3, -0.25) is 4.99 Å². The van der Waals surface area contributed by atoms with Crippen molar-refractivity contribution in [1.29, 1.82) is 0 Å². The minimum absolute atomic E-state index is 0.476.